The zero-order valence-corrected chi connectivity index (χ0v) is 9.15. The second-order valence-electron chi connectivity index (χ2n) is 3.78. The van der Waals surface area contributed by atoms with E-state index >= 15 is 0 Å². The Labute approximate surface area is 89.6 Å². The number of ether oxygens (including phenoxy) is 1. The molecule has 84 valence electrons. The molecule has 1 unspecified atom stereocenters. The van der Waals surface area contributed by atoms with Crippen molar-refractivity contribution < 1.29 is 4.74 Å². The van der Waals surface area contributed by atoms with E-state index in [-0.39, 0.29) is 6.10 Å². The third-order valence-electron chi connectivity index (χ3n) is 2.82. The lowest BCUT2D eigenvalue weighted by molar-refractivity contribution is 0.00713. The minimum Gasteiger partial charge on any atom is -0.370 e. The molecule has 0 aromatic carbocycles. The van der Waals surface area contributed by atoms with Gasteiger partial charge in [-0.1, -0.05) is 0 Å². The van der Waals surface area contributed by atoms with Gasteiger partial charge in [0.2, 0.25) is 0 Å². The Bertz CT molecular complexity index is 317. The van der Waals surface area contributed by atoms with Gasteiger partial charge in [-0.15, -0.1) is 10.2 Å². The summed E-state index contributed by atoms with van der Waals surface area (Å²) < 4.78 is 7.77. The van der Waals surface area contributed by atoms with Crippen molar-refractivity contribution in [3.63, 3.8) is 0 Å². The summed E-state index contributed by atoms with van der Waals surface area (Å²) in [7, 11) is 0. The van der Waals surface area contributed by atoms with Gasteiger partial charge in [-0.3, -0.25) is 0 Å². The Kier molecular flexibility index (Phi) is 3.33. The van der Waals surface area contributed by atoms with E-state index in [9.17, 15) is 0 Å². The fourth-order valence-electron chi connectivity index (χ4n) is 2.03. The summed E-state index contributed by atoms with van der Waals surface area (Å²) in [5.74, 6) is 1.79. The molecular formula is C10H18N4O. The van der Waals surface area contributed by atoms with Gasteiger partial charge in [-0.05, 0) is 26.2 Å². The minimum absolute atomic E-state index is 0.117. The highest BCUT2D eigenvalue weighted by Gasteiger charge is 2.22. The van der Waals surface area contributed by atoms with E-state index in [2.05, 4.69) is 21.7 Å². The third kappa shape index (κ3) is 2.03. The van der Waals surface area contributed by atoms with Crippen molar-refractivity contribution in [2.75, 3.05) is 6.61 Å². The SMILES string of the molecule is CCn1c(CN)nnc1C1CCCCO1. The zero-order chi connectivity index (χ0) is 10.7. The van der Waals surface area contributed by atoms with Crippen LogP contribution in [-0.2, 0) is 17.8 Å². The minimum atomic E-state index is 0.117. The van der Waals surface area contributed by atoms with Crippen LogP contribution in [0.4, 0.5) is 0 Å². The molecule has 1 saturated heterocycles. The molecule has 0 radical (unpaired) electrons. The molecule has 5 heteroatoms. The van der Waals surface area contributed by atoms with Gasteiger partial charge in [0.1, 0.15) is 11.9 Å². The number of nitrogens with zero attached hydrogens (tertiary/aromatic N) is 3. The van der Waals surface area contributed by atoms with E-state index in [0.29, 0.717) is 6.54 Å². The molecule has 5 nitrogen and oxygen atoms in total. The molecular weight excluding hydrogens is 192 g/mol. The number of hydrogen-bond donors (Lipinski definition) is 1. The number of rotatable bonds is 3. The van der Waals surface area contributed by atoms with Crippen LogP contribution in [0.1, 0.15) is 43.9 Å². The Morgan fingerprint density at radius 3 is 2.93 bits per heavy atom. The molecule has 2 rings (SSSR count). The average Bonchev–Trinajstić information content (AvgIpc) is 2.72. The second kappa shape index (κ2) is 4.72. The molecule has 2 heterocycles. The Morgan fingerprint density at radius 1 is 1.47 bits per heavy atom. The lowest BCUT2D eigenvalue weighted by Crippen LogP contribution is -2.18. The predicted octanol–water partition coefficient (Wildman–Crippen LogP) is 0.998. The molecule has 0 saturated carbocycles. The fourth-order valence-corrected chi connectivity index (χ4v) is 2.03. The van der Waals surface area contributed by atoms with Crippen LogP contribution in [0.3, 0.4) is 0 Å². The van der Waals surface area contributed by atoms with E-state index in [4.69, 9.17) is 10.5 Å². The van der Waals surface area contributed by atoms with Gasteiger partial charge in [0.25, 0.3) is 0 Å². The highest BCUT2D eigenvalue weighted by molar-refractivity contribution is 5.00. The van der Waals surface area contributed by atoms with Crippen molar-refractivity contribution in [3.8, 4) is 0 Å². The van der Waals surface area contributed by atoms with Gasteiger partial charge in [0, 0.05) is 13.2 Å². The number of hydrogen-bond acceptors (Lipinski definition) is 4. The summed E-state index contributed by atoms with van der Waals surface area (Å²) in [6, 6.07) is 0. The Hall–Kier alpha value is -0.940. The molecule has 0 aliphatic carbocycles. The van der Waals surface area contributed by atoms with Gasteiger partial charge >= 0.3 is 0 Å². The molecule has 1 atom stereocenters. The van der Waals surface area contributed by atoms with Crippen molar-refractivity contribution >= 4 is 0 Å². The molecule has 1 aromatic rings. The smallest absolute Gasteiger partial charge is 0.162 e. The molecule has 2 N–H and O–H groups in total. The topological polar surface area (TPSA) is 66.0 Å². The largest absolute Gasteiger partial charge is 0.370 e. The summed E-state index contributed by atoms with van der Waals surface area (Å²) in [5.41, 5.74) is 5.60. The molecule has 1 aliphatic heterocycles. The summed E-state index contributed by atoms with van der Waals surface area (Å²) in [5, 5.41) is 8.28. The maximum absolute atomic E-state index is 5.70. The number of aromatic nitrogens is 3. The Morgan fingerprint density at radius 2 is 2.33 bits per heavy atom. The highest BCUT2D eigenvalue weighted by atomic mass is 16.5. The van der Waals surface area contributed by atoms with Crippen LogP contribution in [0.5, 0.6) is 0 Å². The lowest BCUT2D eigenvalue weighted by atomic mass is 10.1. The summed E-state index contributed by atoms with van der Waals surface area (Å²) >= 11 is 0. The van der Waals surface area contributed by atoms with Gasteiger partial charge in [0.05, 0.1) is 6.54 Å². The van der Waals surface area contributed by atoms with Crippen molar-refractivity contribution in [2.24, 2.45) is 5.73 Å². The van der Waals surface area contributed by atoms with Crippen molar-refractivity contribution in [1.82, 2.24) is 14.8 Å². The first-order chi connectivity index (χ1) is 7.36. The van der Waals surface area contributed by atoms with E-state index in [0.717, 1.165) is 37.6 Å². The highest BCUT2D eigenvalue weighted by Crippen LogP contribution is 2.26. The first-order valence-corrected chi connectivity index (χ1v) is 5.60. The van der Waals surface area contributed by atoms with Crippen molar-refractivity contribution in [1.29, 1.82) is 0 Å². The van der Waals surface area contributed by atoms with E-state index < -0.39 is 0 Å². The average molecular weight is 210 g/mol. The maximum atomic E-state index is 5.70. The van der Waals surface area contributed by atoms with Gasteiger partial charge in [-0.2, -0.15) is 0 Å². The molecule has 1 aromatic heterocycles. The lowest BCUT2D eigenvalue weighted by Gasteiger charge is -2.22. The summed E-state index contributed by atoms with van der Waals surface area (Å²) in [4.78, 5) is 0. The first-order valence-electron chi connectivity index (χ1n) is 5.60. The van der Waals surface area contributed by atoms with Crippen LogP contribution >= 0.6 is 0 Å². The second-order valence-corrected chi connectivity index (χ2v) is 3.78. The van der Waals surface area contributed by atoms with Gasteiger partial charge < -0.3 is 15.0 Å². The monoisotopic (exact) mass is 210 g/mol. The van der Waals surface area contributed by atoms with Crippen LogP contribution < -0.4 is 5.73 Å². The van der Waals surface area contributed by atoms with E-state index in [1.54, 1.807) is 0 Å². The standard InChI is InChI=1S/C10H18N4O/c1-2-14-9(7-11)12-13-10(14)8-5-3-4-6-15-8/h8H,2-7,11H2,1H3. The number of nitrogens with two attached hydrogens (primary N) is 1. The molecule has 15 heavy (non-hydrogen) atoms. The molecule has 0 amide bonds. The molecule has 1 fully saturated rings. The molecule has 1 aliphatic rings. The van der Waals surface area contributed by atoms with E-state index in [1.165, 1.54) is 6.42 Å². The molecule has 0 spiro atoms. The zero-order valence-electron chi connectivity index (χ0n) is 9.15. The molecule has 0 bridgehead atoms. The van der Waals surface area contributed by atoms with Crippen LogP contribution in [0.15, 0.2) is 0 Å². The van der Waals surface area contributed by atoms with Crippen LogP contribution in [-0.4, -0.2) is 21.4 Å². The predicted molar refractivity (Wildman–Crippen MR) is 56.1 cm³/mol. The van der Waals surface area contributed by atoms with E-state index in [1.807, 2.05) is 0 Å². The van der Waals surface area contributed by atoms with Gasteiger partial charge in [-0.25, -0.2) is 0 Å². The third-order valence-corrected chi connectivity index (χ3v) is 2.82. The quantitative estimate of drug-likeness (QED) is 0.808. The van der Waals surface area contributed by atoms with Crippen molar-refractivity contribution in [2.45, 2.75) is 45.4 Å². The van der Waals surface area contributed by atoms with Crippen LogP contribution in [0, 0.1) is 0 Å². The Balaban J connectivity index is 2.22. The fraction of sp³-hybridized carbons (Fsp3) is 0.800. The maximum Gasteiger partial charge on any atom is 0.162 e. The van der Waals surface area contributed by atoms with Crippen LogP contribution in [0.2, 0.25) is 0 Å². The normalized spacial score (nSPS) is 21.9. The first kappa shape index (κ1) is 10.6. The van der Waals surface area contributed by atoms with Crippen molar-refractivity contribution in [3.05, 3.63) is 11.6 Å². The van der Waals surface area contributed by atoms with Gasteiger partial charge in [0.15, 0.2) is 5.82 Å². The summed E-state index contributed by atoms with van der Waals surface area (Å²) in [6.07, 6.45) is 3.52. The summed E-state index contributed by atoms with van der Waals surface area (Å²) in [6.45, 7) is 4.20. The van der Waals surface area contributed by atoms with Crippen LogP contribution in [0.25, 0.3) is 0 Å².